The predicted octanol–water partition coefficient (Wildman–Crippen LogP) is -3.71. The van der Waals surface area contributed by atoms with Gasteiger partial charge in [0, 0.05) is 6.92 Å². The van der Waals surface area contributed by atoms with E-state index in [1.165, 1.54) is 0 Å². The Morgan fingerprint density at radius 3 is 1.83 bits per heavy atom. The summed E-state index contributed by atoms with van der Waals surface area (Å²) in [6.07, 6.45) is 0. The number of hydrogen-bond acceptors (Lipinski definition) is 1. The second-order valence-electron chi connectivity index (χ2n) is 0.519. The third kappa shape index (κ3) is 59.6. The van der Waals surface area contributed by atoms with Crippen molar-refractivity contribution in [2.24, 2.45) is 0 Å². The number of carboxylic acids is 1. The molecule has 0 aromatic rings. The van der Waals surface area contributed by atoms with Crippen molar-refractivity contribution in [2.45, 2.75) is 6.92 Å². The molecule has 0 bridgehead atoms. The first-order chi connectivity index (χ1) is 1.73. The molecule has 0 aliphatic rings. The monoisotopic (exact) mass is 206 g/mol. The van der Waals surface area contributed by atoms with E-state index >= 15 is 0 Å². The van der Waals surface area contributed by atoms with E-state index in [-0.39, 0.29) is 54.9 Å². The second-order valence-corrected chi connectivity index (χ2v) is 0.519. The number of hydrogen-bond donors (Lipinski definition) is 1. The number of aliphatic carboxylic acids is 1. The van der Waals surface area contributed by atoms with Crippen LogP contribution in [-0.2, 0) is 4.79 Å². The molecule has 0 fully saturated rings. The molecule has 0 unspecified atom stereocenters. The Bertz CT molecular complexity index is 38.7. The fraction of sp³-hybridized carbons (Fsp3) is 0.500. The van der Waals surface area contributed by atoms with E-state index < -0.39 is 5.97 Å². The molecule has 0 heterocycles. The van der Waals surface area contributed by atoms with Crippen molar-refractivity contribution >= 4 is 29.9 Å². The van der Waals surface area contributed by atoms with Gasteiger partial charge in [-0.2, -0.15) is 0 Å². The molecule has 0 rings (SSSR count). The van der Waals surface area contributed by atoms with E-state index in [1.54, 1.807) is 0 Å². The zero-order chi connectivity index (χ0) is 3.58. The predicted molar refractivity (Wildman–Crippen MR) is 23.0 cm³/mol. The third-order valence-corrected chi connectivity index (χ3v) is 0. The van der Waals surface area contributed by atoms with Crippen molar-refractivity contribution in [1.82, 2.24) is 0 Å². The summed E-state index contributed by atoms with van der Waals surface area (Å²) in [5.41, 5.74) is 0. The second kappa shape index (κ2) is 9.55. The summed E-state index contributed by atoms with van der Waals surface area (Å²) in [7, 11) is 0. The number of rotatable bonds is 0. The molecule has 0 amide bonds. The molecule has 1 N–H and O–H groups in total. The molecule has 0 atom stereocenters. The standard InChI is InChI=1S/C2H4O2.Na.Sn.3H/c1-2(3)4;;;;;/h1H3,(H,3,4);;;;;/q;+1;;;;-1. The van der Waals surface area contributed by atoms with E-state index in [9.17, 15) is 0 Å². The molecule has 0 saturated heterocycles. The fourth-order valence-corrected chi connectivity index (χ4v) is 0. The van der Waals surface area contributed by atoms with E-state index in [4.69, 9.17) is 9.90 Å². The van der Waals surface area contributed by atoms with E-state index in [0.29, 0.717) is 0 Å². The molecule has 2 radical (unpaired) electrons. The van der Waals surface area contributed by atoms with Crippen LogP contribution in [0.1, 0.15) is 8.35 Å². The maximum atomic E-state index is 9.00. The Morgan fingerprint density at radius 2 is 1.83 bits per heavy atom. The van der Waals surface area contributed by atoms with Gasteiger partial charge in [-0.15, -0.1) is 0 Å². The third-order valence-electron chi connectivity index (χ3n) is 0. The van der Waals surface area contributed by atoms with Crippen LogP contribution in [0.5, 0.6) is 0 Å². The van der Waals surface area contributed by atoms with E-state index in [2.05, 4.69) is 0 Å². The Balaban J connectivity index is -0.0000000150. The van der Waals surface area contributed by atoms with Crippen LogP contribution in [0.25, 0.3) is 0 Å². The van der Waals surface area contributed by atoms with Crippen LogP contribution >= 0.6 is 0 Å². The molecular weight excluding hydrogens is 198 g/mol. The van der Waals surface area contributed by atoms with Gasteiger partial charge in [-0.3, -0.25) is 4.79 Å². The van der Waals surface area contributed by atoms with Crippen molar-refractivity contribution < 1.29 is 40.9 Å². The Kier molecular flexibility index (Phi) is 24.9. The maximum absolute atomic E-state index is 9.00. The molecule has 2 nitrogen and oxygen atoms in total. The summed E-state index contributed by atoms with van der Waals surface area (Å²) in [6.45, 7) is 1.08. The average Bonchev–Trinajstić information content (AvgIpc) is 0.811. The summed E-state index contributed by atoms with van der Waals surface area (Å²) in [5.74, 6) is -0.833. The zero-order valence-corrected chi connectivity index (χ0v) is 10.1. The number of carboxylic acid groups (broad SMARTS) is 1. The zero-order valence-electron chi connectivity index (χ0n) is 5.06. The van der Waals surface area contributed by atoms with Gasteiger partial charge in [-0.25, -0.2) is 0 Å². The summed E-state index contributed by atoms with van der Waals surface area (Å²) in [4.78, 5) is 9.00. The van der Waals surface area contributed by atoms with Crippen LogP contribution in [-0.4, -0.2) is 35.0 Å². The van der Waals surface area contributed by atoms with Gasteiger partial charge in [-0.1, -0.05) is 0 Å². The molecule has 0 aromatic heterocycles. The van der Waals surface area contributed by atoms with Gasteiger partial charge >= 0.3 is 53.5 Å². The Hall–Kier alpha value is 1.27. The first kappa shape index (κ1) is 15.7. The van der Waals surface area contributed by atoms with Crippen LogP contribution in [0.2, 0.25) is 0 Å². The minimum atomic E-state index is -0.833. The Morgan fingerprint density at radius 1 is 1.83 bits per heavy atom. The molecule has 0 saturated carbocycles. The molecule has 0 aliphatic carbocycles. The van der Waals surface area contributed by atoms with Crippen LogP contribution < -0.4 is 29.6 Å². The van der Waals surface area contributed by atoms with E-state index in [1.807, 2.05) is 0 Å². The van der Waals surface area contributed by atoms with Gasteiger partial charge < -0.3 is 6.53 Å². The van der Waals surface area contributed by atoms with Gasteiger partial charge in [0.15, 0.2) is 0 Å². The van der Waals surface area contributed by atoms with Crippen LogP contribution in [0.3, 0.4) is 0 Å². The first-order valence-corrected chi connectivity index (χ1v) is 0.928. The van der Waals surface area contributed by atoms with Gasteiger partial charge in [0.25, 0.3) is 5.97 Å². The van der Waals surface area contributed by atoms with Crippen molar-refractivity contribution in [1.29, 1.82) is 0 Å². The van der Waals surface area contributed by atoms with Crippen molar-refractivity contribution in [3.63, 3.8) is 0 Å². The SMILES string of the molecule is CC(=O)O.[H-].[Na+].[SnH2]. The molecule has 0 aliphatic heterocycles. The molecule has 4 heteroatoms. The topological polar surface area (TPSA) is 37.3 Å². The van der Waals surface area contributed by atoms with Crippen LogP contribution in [0.15, 0.2) is 0 Å². The quantitative estimate of drug-likeness (QED) is 0.413. The molecule has 32 valence electrons. The summed E-state index contributed by atoms with van der Waals surface area (Å²) in [6, 6.07) is 0. The fourth-order valence-electron chi connectivity index (χ4n) is 0. The van der Waals surface area contributed by atoms with Gasteiger partial charge in [0.05, 0.1) is 0 Å². The number of carbonyl (C=O) groups is 1. The van der Waals surface area contributed by atoms with Gasteiger partial charge in [-0.05, 0) is 0 Å². The van der Waals surface area contributed by atoms with Crippen molar-refractivity contribution in [2.75, 3.05) is 0 Å². The summed E-state index contributed by atoms with van der Waals surface area (Å²) < 4.78 is 0. The Labute approximate surface area is 77.0 Å². The summed E-state index contributed by atoms with van der Waals surface area (Å²) in [5, 5.41) is 7.42. The minimum absolute atomic E-state index is 0. The molecular formula is C2H7NaO2Sn. The average molecular weight is 205 g/mol. The molecule has 6 heavy (non-hydrogen) atoms. The van der Waals surface area contributed by atoms with Gasteiger partial charge in [0.2, 0.25) is 0 Å². The van der Waals surface area contributed by atoms with Gasteiger partial charge in [0.1, 0.15) is 0 Å². The van der Waals surface area contributed by atoms with E-state index in [0.717, 1.165) is 6.92 Å². The first-order valence-electron chi connectivity index (χ1n) is 0.928. The van der Waals surface area contributed by atoms with Crippen LogP contribution in [0.4, 0.5) is 0 Å². The normalized spacial score (nSPS) is 4.17. The van der Waals surface area contributed by atoms with Crippen LogP contribution in [0, 0.1) is 0 Å². The summed E-state index contributed by atoms with van der Waals surface area (Å²) >= 11 is 0. The molecule has 0 spiro atoms. The van der Waals surface area contributed by atoms with Crippen molar-refractivity contribution in [3.8, 4) is 0 Å². The van der Waals surface area contributed by atoms with Crippen molar-refractivity contribution in [3.05, 3.63) is 0 Å². The molecule has 0 aromatic carbocycles.